The molecule has 3 rings (SSSR count). The zero-order chi connectivity index (χ0) is 17.1. The largest absolute Gasteiger partial charge is 0.480 e. The first-order valence-electron chi connectivity index (χ1n) is 7.99. The summed E-state index contributed by atoms with van der Waals surface area (Å²) < 4.78 is 0. The molecule has 1 aliphatic heterocycles. The summed E-state index contributed by atoms with van der Waals surface area (Å²) in [5, 5.41) is 8.91. The van der Waals surface area contributed by atoms with Gasteiger partial charge < -0.3 is 10.0 Å². The number of pyridine rings is 1. The van der Waals surface area contributed by atoms with E-state index in [1.54, 1.807) is 12.4 Å². The highest BCUT2D eigenvalue weighted by atomic mass is 16.4. The smallest absolute Gasteiger partial charge is 0.317 e. The first kappa shape index (κ1) is 16.3. The maximum Gasteiger partial charge on any atom is 0.317 e. The van der Waals surface area contributed by atoms with Gasteiger partial charge in [-0.25, -0.2) is 9.97 Å². The number of hydrogen-bond acceptors (Lipinski definition) is 6. The second-order valence-corrected chi connectivity index (χ2v) is 5.97. The lowest BCUT2D eigenvalue weighted by Crippen LogP contribution is -2.48. The molecule has 0 saturated carbocycles. The summed E-state index contributed by atoms with van der Waals surface area (Å²) in [6.45, 7) is 7.09. The van der Waals surface area contributed by atoms with E-state index in [0.717, 1.165) is 48.8 Å². The Morgan fingerprint density at radius 2 is 1.79 bits per heavy atom. The van der Waals surface area contributed by atoms with E-state index < -0.39 is 5.97 Å². The lowest BCUT2D eigenvalue weighted by atomic mass is 10.2. The molecule has 0 unspecified atom stereocenters. The van der Waals surface area contributed by atoms with Crippen LogP contribution in [0.5, 0.6) is 0 Å². The van der Waals surface area contributed by atoms with Crippen molar-refractivity contribution in [2.45, 2.75) is 13.8 Å². The molecule has 0 bridgehead atoms. The Hall–Kier alpha value is -2.54. The third-order valence-electron chi connectivity index (χ3n) is 4.33. The average molecular weight is 327 g/mol. The first-order chi connectivity index (χ1) is 11.5. The van der Waals surface area contributed by atoms with Crippen LogP contribution >= 0.6 is 0 Å². The summed E-state index contributed by atoms with van der Waals surface area (Å²) in [5.74, 6) is 0.852. The maximum atomic E-state index is 10.8. The van der Waals surface area contributed by atoms with Gasteiger partial charge in [0.15, 0.2) is 5.82 Å². The highest BCUT2D eigenvalue weighted by molar-refractivity contribution is 5.69. The Kier molecular flexibility index (Phi) is 4.71. The molecular weight excluding hydrogens is 306 g/mol. The van der Waals surface area contributed by atoms with Crippen molar-refractivity contribution < 1.29 is 9.90 Å². The quantitative estimate of drug-likeness (QED) is 0.908. The van der Waals surface area contributed by atoms with Gasteiger partial charge in [-0.05, 0) is 26.0 Å². The molecule has 1 N–H and O–H groups in total. The molecule has 1 aliphatic rings. The number of rotatable bonds is 4. The van der Waals surface area contributed by atoms with E-state index in [2.05, 4.69) is 14.9 Å². The SMILES string of the molecule is Cc1nc(-c2ccncc2)nc(N2CCN(CC(=O)O)CC2)c1C. The van der Waals surface area contributed by atoms with Crippen LogP contribution in [0, 0.1) is 13.8 Å². The number of anilines is 1. The number of carbonyl (C=O) groups is 1. The minimum atomic E-state index is -0.780. The Bertz CT molecular complexity index is 727. The van der Waals surface area contributed by atoms with Crippen LogP contribution < -0.4 is 4.90 Å². The molecule has 1 saturated heterocycles. The van der Waals surface area contributed by atoms with Gasteiger partial charge in [-0.2, -0.15) is 0 Å². The van der Waals surface area contributed by atoms with E-state index in [0.29, 0.717) is 5.82 Å². The predicted octanol–water partition coefficient (Wildman–Crippen LogP) is 1.36. The molecule has 0 aliphatic carbocycles. The van der Waals surface area contributed by atoms with E-state index in [1.165, 1.54) is 0 Å². The normalized spacial score (nSPS) is 15.5. The fourth-order valence-corrected chi connectivity index (χ4v) is 2.86. The summed E-state index contributed by atoms with van der Waals surface area (Å²) >= 11 is 0. The Morgan fingerprint density at radius 1 is 1.12 bits per heavy atom. The number of carboxylic acids is 1. The number of aryl methyl sites for hydroxylation is 1. The molecule has 126 valence electrons. The van der Waals surface area contributed by atoms with Gasteiger partial charge in [-0.1, -0.05) is 0 Å². The number of carboxylic acid groups (broad SMARTS) is 1. The standard InChI is InChI=1S/C17H21N5O2/c1-12-13(2)19-16(14-3-5-18-6-4-14)20-17(12)22-9-7-21(8-10-22)11-15(23)24/h3-6H,7-11H2,1-2H3,(H,23,24). The van der Waals surface area contributed by atoms with E-state index in [9.17, 15) is 4.79 Å². The van der Waals surface area contributed by atoms with Crippen LogP contribution in [-0.4, -0.2) is 63.7 Å². The molecule has 24 heavy (non-hydrogen) atoms. The zero-order valence-electron chi connectivity index (χ0n) is 13.9. The number of piperazine rings is 1. The van der Waals surface area contributed by atoms with Gasteiger partial charge in [0.05, 0.1) is 6.54 Å². The highest BCUT2D eigenvalue weighted by Crippen LogP contribution is 2.25. The average Bonchev–Trinajstić information content (AvgIpc) is 2.58. The van der Waals surface area contributed by atoms with Crippen LogP contribution in [0.25, 0.3) is 11.4 Å². The summed E-state index contributed by atoms with van der Waals surface area (Å²) in [7, 11) is 0. The Labute approximate surface area is 141 Å². The minimum Gasteiger partial charge on any atom is -0.480 e. The number of aliphatic carboxylic acids is 1. The van der Waals surface area contributed by atoms with Crippen molar-refractivity contribution in [3.63, 3.8) is 0 Å². The molecule has 0 atom stereocenters. The van der Waals surface area contributed by atoms with Gasteiger partial charge in [-0.3, -0.25) is 14.7 Å². The molecule has 2 aromatic rings. The van der Waals surface area contributed by atoms with Crippen LogP contribution in [0.15, 0.2) is 24.5 Å². The van der Waals surface area contributed by atoms with Crippen LogP contribution in [0.1, 0.15) is 11.3 Å². The van der Waals surface area contributed by atoms with Crippen LogP contribution in [0.4, 0.5) is 5.82 Å². The van der Waals surface area contributed by atoms with Gasteiger partial charge in [0.2, 0.25) is 0 Å². The molecule has 2 aromatic heterocycles. The molecule has 7 heteroatoms. The second kappa shape index (κ2) is 6.92. The minimum absolute atomic E-state index is 0.0951. The van der Waals surface area contributed by atoms with E-state index in [-0.39, 0.29) is 6.54 Å². The van der Waals surface area contributed by atoms with E-state index >= 15 is 0 Å². The molecule has 0 amide bonds. The summed E-state index contributed by atoms with van der Waals surface area (Å²) in [6.07, 6.45) is 3.47. The highest BCUT2D eigenvalue weighted by Gasteiger charge is 2.22. The van der Waals surface area contributed by atoms with E-state index in [4.69, 9.17) is 10.1 Å². The zero-order valence-corrected chi connectivity index (χ0v) is 13.9. The van der Waals surface area contributed by atoms with Crippen LogP contribution in [0.2, 0.25) is 0 Å². The Morgan fingerprint density at radius 3 is 2.42 bits per heavy atom. The van der Waals surface area contributed by atoms with Crippen molar-refractivity contribution in [3.05, 3.63) is 35.8 Å². The number of aromatic nitrogens is 3. The molecule has 0 spiro atoms. The number of nitrogens with zero attached hydrogens (tertiary/aromatic N) is 5. The topological polar surface area (TPSA) is 82.5 Å². The fraction of sp³-hybridized carbons (Fsp3) is 0.412. The van der Waals surface area contributed by atoms with Crippen molar-refractivity contribution in [3.8, 4) is 11.4 Å². The maximum absolute atomic E-state index is 10.8. The van der Waals surface area contributed by atoms with Gasteiger partial charge in [0.25, 0.3) is 0 Å². The molecular formula is C17H21N5O2. The molecule has 0 radical (unpaired) electrons. The predicted molar refractivity (Wildman–Crippen MR) is 91.0 cm³/mol. The van der Waals surface area contributed by atoms with Crippen LogP contribution in [0.3, 0.4) is 0 Å². The summed E-state index contributed by atoms with van der Waals surface area (Å²) in [4.78, 5) is 28.4. The van der Waals surface area contributed by atoms with Gasteiger partial charge in [-0.15, -0.1) is 0 Å². The molecule has 7 nitrogen and oxygen atoms in total. The molecule has 0 aromatic carbocycles. The van der Waals surface area contributed by atoms with Crippen molar-refractivity contribution in [2.75, 3.05) is 37.6 Å². The third kappa shape index (κ3) is 3.51. The molecule has 3 heterocycles. The fourth-order valence-electron chi connectivity index (χ4n) is 2.86. The monoisotopic (exact) mass is 327 g/mol. The van der Waals surface area contributed by atoms with E-state index in [1.807, 2.05) is 30.9 Å². The second-order valence-electron chi connectivity index (χ2n) is 5.97. The van der Waals surface area contributed by atoms with Crippen LogP contribution in [-0.2, 0) is 4.79 Å². The van der Waals surface area contributed by atoms with Crippen molar-refractivity contribution in [1.82, 2.24) is 19.9 Å². The lowest BCUT2D eigenvalue weighted by molar-refractivity contribution is -0.138. The number of hydrogen-bond donors (Lipinski definition) is 1. The van der Waals surface area contributed by atoms with Crippen molar-refractivity contribution in [1.29, 1.82) is 0 Å². The summed E-state index contributed by atoms with van der Waals surface area (Å²) in [5.41, 5.74) is 2.97. The Balaban J connectivity index is 1.83. The van der Waals surface area contributed by atoms with Gasteiger partial charge in [0.1, 0.15) is 5.82 Å². The lowest BCUT2D eigenvalue weighted by Gasteiger charge is -2.35. The van der Waals surface area contributed by atoms with Crippen molar-refractivity contribution >= 4 is 11.8 Å². The summed E-state index contributed by atoms with van der Waals surface area (Å²) in [6, 6.07) is 3.80. The van der Waals surface area contributed by atoms with Crippen molar-refractivity contribution in [2.24, 2.45) is 0 Å². The van der Waals surface area contributed by atoms with Gasteiger partial charge in [0, 0.05) is 55.4 Å². The third-order valence-corrected chi connectivity index (χ3v) is 4.33. The first-order valence-corrected chi connectivity index (χ1v) is 7.99. The molecule has 1 fully saturated rings. The van der Waals surface area contributed by atoms with Gasteiger partial charge >= 0.3 is 5.97 Å².